The van der Waals surface area contributed by atoms with E-state index < -0.39 is 12.2 Å². The van der Waals surface area contributed by atoms with Gasteiger partial charge in [0.15, 0.2) is 0 Å². The Labute approximate surface area is 91.2 Å². The van der Waals surface area contributed by atoms with Crippen molar-refractivity contribution in [3.05, 3.63) is 0 Å². The maximum absolute atomic E-state index is 9.63. The van der Waals surface area contributed by atoms with Crippen molar-refractivity contribution >= 4 is 0 Å². The standard InChI is InChI=1S/C11H22O4/c1-4-10-11(13)9(12)5-8(15-10)6-14-7(2)3/h7-13H,4-6H2,1-3H3. The largest absolute Gasteiger partial charge is 0.390 e. The Morgan fingerprint density at radius 1 is 1.40 bits per heavy atom. The Hall–Kier alpha value is -0.160. The zero-order chi connectivity index (χ0) is 11.4. The topological polar surface area (TPSA) is 58.9 Å². The van der Waals surface area contributed by atoms with E-state index in [1.54, 1.807) is 0 Å². The molecule has 90 valence electrons. The summed E-state index contributed by atoms with van der Waals surface area (Å²) in [5.74, 6) is 0. The third kappa shape index (κ3) is 3.72. The van der Waals surface area contributed by atoms with Gasteiger partial charge in [0.05, 0.1) is 31.0 Å². The molecule has 1 rings (SSSR count). The van der Waals surface area contributed by atoms with E-state index in [2.05, 4.69) is 0 Å². The Balaban J connectivity index is 2.41. The molecule has 15 heavy (non-hydrogen) atoms. The lowest BCUT2D eigenvalue weighted by Gasteiger charge is -2.37. The van der Waals surface area contributed by atoms with Gasteiger partial charge >= 0.3 is 0 Å². The highest BCUT2D eigenvalue weighted by Gasteiger charge is 2.35. The van der Waals surface area contributed by atoms with Gasteiger partial charge < -0.3 is 19.7 Å². The molecule has 4 unspecified atom stereocenters. The first-order valence-corrected chi connectivity index (χ1v) is 5.67. The molecule has 4 nitrogen and oxygen atoms in total. The first-order valence-electron chi connectivity index (χ1n) is 5.67. The predicted octanol–water partition coefficient (Wildman–Crippen LogP) is 0.701. The molecule has 0 aromatic carbocycles. The van der Waals surface area contributed by atoms with Crippen molar-refractivity contribution in [3.63, 3.8) is 0 Å². The van der Waals surface area contributed by atoms with Crippen LogP contribution in [0.4, 0.5) is 0 Å². The van der Waals surface area contributed by atoms with Crippen molar-refractivity contribution < 1.29 is 19.7 Å². The van der Waals surface area contributed by atoms with Crippen LogP contribution in [0.15, 0.2) is 0 Å². The molecule has 0 aromatic rings. The fraction of sp³-hybridized carbons (Fsp3) is 1.00. The molecule has 1 saturated heterocycles. The summed E-state index contributed by atoms with van der Waals surface area (Å²) in [5.41, 5.74) is 0. The fourth-order valence-electron chi connectivity index (χ4n) is 1.78. The Morgan fingerprint density at radius 2 is 2.07 bits per heavy atom. The van der Waals surface area contributed by atoms with Crippen molar-refractivity contribution in [2.75, 3.05) is 6.61 Å². The highest BCUT2D eigenvalue weighted by atomic mass is 16.6. The maximum Gasteiger partial charge on any atom is 0.106 e. The normalized spacial score (nSPS) is 37.2. The molecule has 0 aliphatic carbocycles. The highest BCUT2D eigenvalue weighted by Crippen LogP contribution is 2.22. The van der Waals surface area contributed by atoms with Gasteiger partial charge in [-0.15, -0.1) is 0 Å². The van der Waals surface area contributed by atoms with Gasteiger partial charge in [-0.1, -0.05) is 6.92 Å². The number of rotatable bonds is 4. The molecule has 0 amide bonds. The average Bonchev–Trinajstić information content (AvgIpc) is 2.19. The van der Waals surface area contributed by atoms with Gasteiger partial charge in [-0.25, -0.2) is 0 Å². The van der Waals surface area contributed by atoms with Crippen molar-refractivity contribution in [1.82, 2.24) is 0 Å². The monoisotopic (exact) mass is 218 g/mol. The van der Waals surface area contributed by atoms with E-state index >= 15 is 0 Å². The van der Waals surface area contributed by atoms with E-state index in [9.17, 15) is 10.2 Å². The molecular formula is C11H22O4. The minimum Gasteiger partial charge on any atom is -0.390 e. The van der Waals surface area contributed by atoms with Crippen LogP contribution < -0.4 is 0 Å². The molecule has 2 N–H and O–H groups in total. The second-order valence-electron chi connectivity index (χ2n) is 4.38. The van der Waals surface area contributed by atoms with Crippen LogP contribution in [0.1, 0.15) is 33.6 Å². The second-order valence-corrected chi connectivity index (χ2v) is 4.38. The van der Waals surface area contributed by atoms with Crippen molar-refractivity contribution in [1.29, 1.82) is 0 Å². The zero-order valence-electron chi connectivity index (χ0n) is 9.72. The summed E-state index contributed by atoms with van der Waals surface area (Å²) in [5, 5.41) is 19.2. The molecule has 1 aliphatic rings. The molecule has 4 heteroatoms. The molecular weight excluding hydrogens is 196 g/mol. The lowest BCUT2D eigenvalue weighted by atomic mass is 9.97. The highest BCUT2D eigenvalue weighted by molar-refractivity contribution is 4.84. The summed E-state index contributed by atoms with van der Waals surface area (Å²) in [6, 6.07) is 0. The summed E-state index contributed by atoms with van der Waals surface area (Å²) >= 11 is 0. The molecule has 0 saturated carbocycles. The first kappa shape index (κ1) is 12.9. The quantitative estimate of drug-likeness (QED) is 0.729. The van der Waals surface area contributed by atoms with Gasteiger partial charge in [-0.05, 0) is 20.3 Å². The summed E-state index contributed by atoms with van der Waals surface area (Å²) in [6.45, 7) is 6.35. The lowest BCUT2D eigenvalue weighted by molar-refractivity contribution is -0.184. The van der Waals surface area contributed by atoms with Gasteiger partial charge in [0.1, 0.15) is 6.10 Å². The average molecular weight is 218 g/mol. The van der Waals surface area contributed by atoms with Gasteiger partial charge in [-0.3, -0.25) is 0 Å². The maximum atomic E-state index is 9.63. The van der Waals surface area contributed by atoms with Crippen LogP contribution in [-0.4, -0.2) is 47.3 Å². The SMILES string of the molecule is CCC1OC(COC(C)C)CC(O)C1O. The van der Waals surface area contributed by atoms with Gasteiger partial charge in [0, 0.05) is 6.42 Å². The number of aliphatic hydroxyl groups excluding tert-OH is 2. The molecule has 0 bridgehead atoms. The third-order valence-corrected chi connectivity index (χ3v) is 2.66. The molecule has 0 aromatic heterocycles. The summed E-state index contributed by atoms with van der Waals surface area (Å²) in [6.07, 6.45) is -0.501. The predicted molar refractivity (Wildman–Crippen MR) is 56.7 cm³/mol. The molecule has 1 fully saturated rings. The molecule has 0 spiro atoms. The fourth-order valence-corrected chi connectivity index (χ4v) is 1.78. The first-order chi connectivity index (χ1) is 7.04. The smallest absolute Gasteiger partial charge is 0.106 e. The van der Waals surface area contributed by atoms with E-state index in [1.807, 2.05) is 20.8 Å². The molecule has 1 aliphatic heterocycles. The number of hydrogen-bond donors (Lipinski definition) is 2. The van der Waals surface area contributed by atoms with Crippen molar-refractivity contribution in [3.8, 4) is 0 Å². The van der Waals surface area contributed by atoms with Crippen molar-refractivity contribution in [2.45, 2.75) is 64.1 Å². The minimum atomic E-state index is -0.759. The molecule has 4 atom stereocenters. The van der Waals surface area contributed by atoms with Crippen LogP contribution in [0.2, 0.25) is 0 Å². The summed E-state index contributed by atoms with van der Waals surface area (Å²) < 4.78 is 11.1. The van der Waals surface area contributed by atoms with E-state index in [0.717, 1.165) is 0 Å². The zero-order valence-corrected chi connectivity index (χ0v) is 9.72. The second kappa shape index (κ2) is 5.80. The van der Waals surface area contributed by atoms with E-state index in [4.69, 9.17) is 9.47 Å². The Morgan fingerprint density at radius 3 is 2.60 bits per heavy atom. The van der Waals surface area contributed by atoms with Crippen LogP contribution in [-0.2, 0) is 9.47 Å². The van der Waals surface area contributed by atoms with E-state index in [-0.39, 0.29) is 18.3 Å². The van der Waals surface area contributed by atoms with Crippen molar-refractivity contribution in [2.24, 2.45) is 0 Å². The van der Waals surface area contributed by atoms with Gasteiger partial charge in [0.25, 0.3) is 0 Å². The van der Waals surface area contributed by atoms with Crippen LogP contribution in [0.5, 0.6) is 0 Å². The van der Waals surface area contributed by atoms with Gasteiger partial charge in [-0.2, -0.15) is 0 Å². The van der Waals surface area contributed by atoms with E-state index in [0.29, 0.717) is 19.4 Å². The van der Waals surface area contributed by atoms with Crippen LogP contribution in [0.25, 0.3) is 0 Å². The van der Waals surface area contributed by atoms with Crippen LogP contribution in [0.3, 0.4) is 0 Å². The van der Waals surface area contributed by atoms with Crippen LogP contribution >= 0.6 is 0 Å². The number of aliphatic hydroxyl groups is 2. The lowest BCUT2D eigenvalue weighted by Crippen LogP contribution is -2.49. The number of hydrogen-bond acceptors (Lipinski definition) is 4. The summed E-state index contributed by atoms with van der Waals surface area (Å²) in [7, 11) is 0. The molecule has 1 heterocycles. The van der Waals surface area contributed by atoms with E-state index in [1.165, 1.54) is 0 Å². The third-order valence-electron chi connectivity index (χ3n) is 2.66. The molecule has 0 radical (unpaired) electrons. The minimum absolute atomic E-state index is 0.101. The Bertz CT molecular complexity index is 183. The summed E-state index contributed by atoms with van der Waals surface area (Å²) in [4.78, 5) is 0. The number of ether oxygens (including phenoxy) is 2. The van der Waals surface area contributed by atoms with Gasteiger partial charge in [0.2, 0.25) is 0 Å². The Kier molecular flexibility index (Phi) is 4.99. The van der Waals surface area contributed by atoms with Crippen LogP contribution in [0, 0.1) is 0 Å².